The van der Waals surface area contributed by atoms with Gasteiger partial charge in [-0.3, -0.25) is 4.99 Å². The summed E-state index contributed by atoms with van der Waals surface area (Å²) in [6, 6.07) is 8.41. The number of aliphatic imine (C=N–C) groups is 1. The molecule has 0 radical (unpaired) electrons. The summed E-state index contributed by atoms with van der Waals surface area (Å²) < 4.78 is 5.24. The van der Waals surface area contributed by atoms with Crippen LogP contribution >= 0.6 is 0 Å². The molecule has 27 heavy (non-hydrogen) atoms. The summed E-state index contributed by atoms with van der Waals surface area (Å²) in [5.41, 5.74) is 1.35. The van der Waals surface area contributed by atoms with E-state index in [1.807, 2.05) is 19.2 Å². The number of methoxy groups -OCH3 is 1. The summed E-state index contributed by atoms with van der Waals surface area (Å²) in [5, 5.41) is 3.57. The average molecular weight is 375 g/mol. The van der Waals surface area contributed by atoms with Gasteiger partial charge in [0, 0.05) is 33.2 Å². The molecule has 1 aliphatic heterocycles. The third-order valence-corrected chi connectivity index (χ3v) is 5.75. The van der Waals surface area contributed by atoms with Crippen molar-refractivity contribution in [3.05, 3.63) is 29.8 Å². The molecule has 0 spiro atoms. The molecule has 1 heterocycles. The fourth-order valence-corrected chi connectivity index (χ4v) is 3.85. The van der Waals surface area contributed by atoms with Crippen molar-refractivity contribution in [2.45, 2.75) is 39.5 Å². The number of hydrogen-bond acceptors (Lipinski definition) is 3. The first-order valence-corrected chi connectivity index (χ1v) is 10.4. The maximum atomic E-state index is 5.24. The number of likely N-dealkylation sites (tertiary alicyclic amines) is 1. The summed E-state index contributed by atoms with van der Waals surface area (Å²) in [6.45, 7) is 13.4. The standard InChI is InChI=1S/C22H38N4O/c1-6-25(7-2)16-19-13-15-26(17-19)22(23-4)24-14-12-18(3)20-8-10-21(27-5)11-9-20/h8-11,18-19H,6-7,12-17H2,1-5H3,(H,23,24). The Morgan fingerprint density at radius 3 is 2.59 bits per heavy atom. The second-order valence-electron chi connectivity index (χ2n) is 7.52. The quantitative estimate of drug-likeness (QED) is 0.531. The van der Waals surface area contributed by atoms with E-state index in [1.54, 1.807) is 7.11 Å². The van der Waals surface area contributed by atoms with E-state index in [0.717, 1.165) is 56.8 Å². The number of benzene rings is 1. The molecular formula is C22H38N4O. The fourth-order valence-electron chi connectivity index (χ4n) is 3.85. The lowest BCUT2D eigenvalue weighted by atomic mass is 9.98. The topological polar surface area (TPSA) is 40.1 Å². The molecule has 5 nitrogen and oxygen atoms in total. The van der Waals surface area contributed by atoms with E-state index in [0.29, 0.717) is 5.92 Å². The van der Waals surface area contributed by atoms with Gasteiger partial charge in [0.05, 0.1) is 7.11 Å². The molecule has 152 valence electrons. The highest BCUT2D eigenvalue weighted by Crippen LogP contribution is 2.22. The van der Waals surface area contributed by atoms with Gasteiger partial charge in [-0.1, -0.05) is 32.9 Å². The Labute approximate surface area is 165 Å². The van der Waals surface area contributed by atoms with Crippen molar-refractivity contribution < 1.29 is 4.74 Å². The molecule has 0 bridgehead atoms. The van der Waals surface area contributed by atoms with Gasteiger partial charge < -0.3 is 19.9 Å². The minimum Gasteiger partial charge on any atom is -0.497 e. The highest BCUT2D eigenvalue weighted by atomic mass is 16.5. The summed E-state index contributed by atoms with van der Waals surface area (Å²) >= 11 is 0. The Balaban J connectivity index is 1.76. The molecule has 1 aromatic rings. The average Bonchev–Trinajstić information content (AvgIpc) is 3.17. The molecule has 0 amide bonds. The first-order valence-electron chi connectivity index (χ1n) is 10.4. The van der Waals surface area contributed by atoms with Gasteiger partial charge in [-0.25, -0.2) is 0 Å². The minimum absolute atomic E-state index is 0.510. The lowest BCUT2D eigenvalue weighted by Gasteiger charge is -2.24. The van der Waals surface area contributed by atoms with Crippen LogP contribution in [0.5, 0.6) is 5.75 Å². The summed E-state index contributed by atoms with van der Waals surface area (Å²) in [4.78, 5) is 9.47. The van der Waals surface area contributed by atoms with Crippen LogP contribution in [0.4, 0.5) is 0 Å². The molecule has 1 fully saturated rings. The van der Waals surface area contributed by atoms with E-state index in [-0.39, 0.29) is 0 Å². The third kappa shape index (κ3) is 6.42. The number of rotatable bonds is 9. The van der Waals surface area contributed by atoms with E-state index in [1.165, 1.54) is 18.5 Å². The van der Waals surface area contributed by atoms with E-state index in [2.05, 4.69) is 53.0 Å². The van der Waals surface area contributed by atoms with Gasteiger partial charge in [0.1, 0.15) is 5.75 Å². The second kappa shape index (κ2) is 11.2. The normalized spacial score (nSPS) is 18.8. The molecule has 1 saturated heterocycles. The van der Waals surface area contributed by atoms with Crippen molar-refractivity contribution in [3.8, 4) is 5.75 Å². The van der Waals surface area contributed by atoms with E-state index >= 15 is 0 Å². The molecule has 0 aliphatic carbocycles. The number of hydrogen-bond donors (Lipinski definition) is 1. The summed E-state index contributed by atoms with van der Waals surface area (Å²) in [5.74, 6) is 3.23. The second-order valence-corrected chi connectivity index (χ2v) is 7.52. The number of guanidine groups is 1. The van der Waals surface area contributed by atoms with Gasteiger partial charge in [-0.05, 0) is 55.5 Å². The van der Waals surface area contributed by atoms with Crippen molar-refractivity contribution in [1.82, 2.24) is 15.1 Å². The van der Waals surface area contributed by atoms with Gasteiger partial charge in [0.2, 0.25) is 0 Å². The third-order valence-electron chi connectivity index (χ3n) is 5.75. The van der Waals surface area contributed by atoms with Gasteiger partial charge in [-0.2, -0.15) is 0 Å². The largest absolute Gasteiger partial charge is 0.497 e. The monoisotopic (exact) mass is 374 g/mol. The Bertz CT molecular complexity index is 568. The van der Waals surface area contributed by atoms with Crippen LogP contribution in [0.3, 0.4) is 0 Å². The van der Waals surface area contributed by atoms with Gasteiger partial charge >= 0.3 is 0 Å². The molecule has 2 rings (SSSR count). The first-order chi connectivity index (χ1) is 13.1. The fraction of sp³-hybridized carbons (Fsp3) is 0.682. The van der Waals surface area contributed by atoms with Crippen molar-refractivity contribution in [1.29, 1.82) is 0 Å². The number of ether oxygens (including phenoxy) is 1. The van der Waals surface area contributed by atoms with Crippen molar-refractivity contribution in [2.75, 3.05) is 53.4 Å². The summed E-state index contributed by atoms with van der Waals surface area (Å²) in [7, 11) is 3.60. The molecule has 1 aliphatic rings. The SMILES string of the molecule is CCN(CC)CC1CCN(C(=NC)NCCC(C)c2ccc(OC)cc2)C1. The molecule has 1 aromatic carbocycles. The molecule has 0 saturated carbocycles. The van der Waals surface area contributed by atoms with Crippen molar-refractivity contribution >= 4 is 5.96 Å². The van der Waals surface area contributed by atoms with Crippen LogP contribution < -0.4 is 10.1 Å². The highest BCUT2D eigenvalue weighted by molar-refractivity contribution is 5.80. The summed E-state index contributed by atoms with van der Waals surface area (Å²) in [6.07, 6.45) is 2.35. The minimum atomic E-state index is 0.510. The van der Waals surface area contributed by atoms with Crippen LogP contribution in [0.25, 0.3) is 0 Å². The molecular weight excluding hydrogens is 336 g/mol. The van der Waals surface area contributed by atoms with Crippen LogP contribution in [-0.2, 0) is 0 Å². The Kier molecular flexibility index (Phi) is 8.92. The molecule has 2 atom stereocenters. The lowest BCUT2D eigenvalue weighted by Crippen LogP contribution is -2.41. The zero-order chi connectivity index (χ0) is 19.6. The zero-order valence-electron chi connectivity index (χ0n) is 17.9. The van der Waals surface area contributed by atoms with Crippen LogP contribution in [0.2, 0.25) is 0 Å². The molecule has 1 N–H and O–H groups in total. The van der Waals surface area contributed by atoms with E-state index < -0.39 is 0 Å². The van der Waals surface area contributed by atoms with Gasteiger partial charge in [0.15, 0.2) is 5.96 Å². The Hall–Kier alpha value is -1.75. The predicted molar refractivity (Wildman–Crippen MR) is 115 cm³/mol. The van der Waals surface area contributed by atoms with Crippen LogP contribution in [0, 0.1) is 5.92 Å². The highest BCUT2D eigenvalue weighted by Gasteiger charge is 2.25. The maximum Gasteiger partial charge on any atom is 0.193 e. The van der Waals surface area contributed by atoms with Crippen molar-refractivity contribution in [3.63, 3.8) is 0 Å². The van der Waals surface area contributed by atoms with Crippen LogP contribution in [0.15, 0.2) is 29.3 Å². The smallest absolute Gasteiger partial charge is 0.193 e. The van der Waals surface area contributed by atoms with Gasteiger partial charge in [0.25, 0.3) is 0 Å². The number of nitrogens with one attached hydrogen (secondary N) is 1. The molecule has 5 heteroatoms. The lowest BCUT2D eigenvalue weighted by molar-refractivity contribution is 0.255. The van der Waals surface area contributed by atoms with E-state index in [9.17, 15) is 0 Å². The predicted octanol–water partition coefficient (Wildman–Crippen LogP) is 3.43. The van der Waals surface area contributed by atoms with Crippen LogP contribution in [0.1, 0.15) is 45.1 Å². The Morgan fingerprint density at radius 1 is 1.30 bits per heavy atom. The molecule has 2 unspecified atom stereocenters. The zero-order valence-corrected chi connectivity index (χ0v) is 17.9. The first kappa shape index (κ1) is 21.5. The molecule has 0 aromatic heterocycles. The van der Waals surface area contributed by atoms with Gasteiger partial charge in [-0.15, -0.1) is 0 Å². The van der Waals surface area contributed by atoms with E-state index in [4.69, 9.17) is 4.74 Å². The van der Waals surface area contributed by atoms with Crippen LogP contribution in [-0.4, -0.2) is 69.2 Å². The Morgan fingerprint density at radius 2 is 2.00 bits per heavy atom. The van der Waals surface area contributed by atoms with Crippen molar-refractivity contribution in [2.24, 2.45) is 10.9 Å². The maximum absolute atomic E-state index is 5.24. The number of nitrogens with zero attached hydrogens (tertiary/aromatic N) is 3.